The third kappa shape index (κ3) is 3.35. The molecular formula is C17H23N3O2S. The molecule has 0 bridgehead atoms. The van der Waals surface area contributed by atoms with Gasteiger partial charge in [-0.1, -0.05) is 0 Å². The molecule has 2 aromatic rings. The van der Waals surface area contributed by atoms with Crippen molar-refractivity contribution in [1.29, 1.82) is 0 Å². The van der Waals surface area contributed by atoms with Gasteiger partial charge in [0, 0.05) is 49.7 Å². The van der Waals surface area contributed by atoms with Gasteiger partial charge in [-0.2, -0.15) is 11.3 Å². The number of hydrogen-bond acceptors (Lipinski definition) is 6. The van der Waals surface area contributed by atoms with Gasteiger partial charge in [0.1, 0.15) is 5.76 Å². The van der Waals surface area contributed by atoms with Crippen LogP contribution in [0, 0.1) is 6.92 Å². The highest BCUT2D eigenvalue weighted by molar-refractivity contribution is 7.08. The van der Waals surface area contributed by atoms with Crippen LogP contribution < -0.4 is 0 Å². The van der Waals surface area contributed by atoms with Crippen LogP contribution in [-0.4, -0.2) is 60.2 Å². The lowest BCUT2D eigenvalue weighted by molar-refractivity contribution is 0.0183. The molecule has 6 heteroatoms. The zero-order chi connectivity index (χ0) is 15.6. The van der Waals surface area contributed by atoms with Crippen LogP contribution in [0.4, 0.5) is 0 Å². The number of thiophene rings is 1. The number of hydrogen-bond donors (Lipinski definition) is 0. The van der Waals surface area contributed by atoms with E-state index in [0.717, 1.165) is 68.8 Å². The van der Waals surface area contributed by atoms with Gasteiger partial charge < -0.3 is 9.15 Å². The first-order valence-electron chi connectivity index (χ1n) is 8.32. The fraction of sp³-hybridized carbons (Fsp3) is 0.588. The maximum absolute atomic E-state index is 5.85. The van der Waals surface area contributed by atoms with Crippen LogP contribution in [0.1, 0.15) is 17.9 Å². The fourth-order valence-electron chi connectivity index (χ4n) is 3.49. The molecule has 2 saturated heterocycles. The van der Waals surface area contributed by atoms with Gasteiger partial charge in [0.25, 0.3) is 0 Å². The van der Waals surface area contributed by atoms with E-state index < -0.39 is 0 Å². The quantitative estimate of drug-likeness (QED) is 0.860. The van der Waals surface area contributed by atoms with Crippen molar-refractivity contribution in [2.75, 3.05) is 39.4 Å². The number of morpholine rings is 1. The summed E-state index contributed by atoms with van der Waals surface area (Å²) < 4.78 is 11.3. The van der Waals surface area contributed by atoms with Crippen molar-refractivity contribution in [2.45, 2.75) is 25.9 Å². The third-order valence-corrected chi connectivity index (χ3v) is 5.53. The molecule has 5 nitrogen and oxygen atoms in total. The Morgan fingerprint density at radius 1 is 1.30 bits per heavy atom. The highest BCUT2D eigenvalue weighted by Crippen LogP contribution is 2.26. The van der Waals surface area contributed by atoms with Crippen molar-refractivity contribution < 1.29 is 9.15 Å². The summed E-state index contributed by atoms with van der Waals surface area (Å²) in [6, 6.07) is 2.73. The van der Waals surface area contributed by atoms with Crippen molar-refractivity contribution >= 4 is 11.3 Å². The van der Waals surface area contributed by atoms with E-state index >= 15 is 0 Å². The normalized spacial score (nSPS) is 23.6. The van der Waals surface area contributed by atoms with Crippen molar-refractivity contribution in [1.82, 2.24) is 14.8 Å². The molecule has 2 aliphatic heterocycles. The van der Waals surface area contributed by atoms with Crippen LogP contribution >= 0.6 is 11.3 Å². The fourth-order valence-corrected chi connectivity index (χ4v) is 4.12. The Balaban J connectivity index is 1.39. The summed E-state index contributed by atoms with van der Waals surface area (Å²) in [5.41, 5.74) is 2.16. The molecule has 23 heavy (non-hydrogen) atoms. The predicted molar refractivity (Wildman–Crippen MR) is 90.6 cm³/mol. The molecule has 0 saturated carbocycles. The summed E-state index contributed by atoms with van der Waals surface area (Å²) in [6.45, 7) is 9.08. The van der Waals surface area contributed by atoms with E-state index in [4.69, 9.17) is 14.1 Å². The molecule has 0 N–H and O–H groups in total. The number of nitrogens with zero attached hydrogens (tertiary/aromatic N) is 3. The number of likely N-dealkylation sites (tertiary alicyclic amines) is 1. The van der Waals surface area contributed by atoms with Crippen LogP contribution in [0.5, 0.6) is 0 Å². The minimum Gasteiger partial charge on any atom is -0.441 e. The molecule has 1 unspecified atom stereocenters. The number of rotatable bonds is 4. The first kappa shape index (κ1) is 15.3. The van der Waals surface area contributed by atoms with Gasteiger partial charge in [0.2, 0.25) is 5.89 Å². The van der Waals surface area contributed by atoms with Crippen molar-refractivity contribution in [3.8, 4) is 11.5 Å². The first-order valence-corrected chi connectivity index (χ1v) is 9.27. The standard InChI is InChI=1S/C17H23N3O2S/c1-13-16(18-17(22-13)14-3-9-23-12-14)11-19-4-2-15(10-19)20-5-7-21-8-6-20/h3,9,12,15H,2,4-8,10-11H2,1H3. The summed E-state index contributed by atoms with van der Waals surface area (Å²) in [4.78, 5) is 9.80. The lowest BCUT2D eigenvalue weighted by atomic mass is 10.2. The molecule has 2 fully saturated rings. The van der Waals surface area contributed by atoms with Crippen LogP contribution in [0.2, 0.25) is 0 Å². The smallest absolute Gasteiger partial charge is 0.227 e. The minimum atomic E-state index is 0.669. The molecule has 0 aromatic carbocycles. The number of aromatic nitrogens is 1. The molecular weight excluding hydrogens is 310 g/mol. The van der Waals surface area contributed by atoms with Gasteiger partial charge in [-0.05, 0) is 24.8 Å². The molecule has 2 aliphatic rings. The monoisotopic (exact) mass is 333 g/mol. The maximum atomic E-state index is 5.85. The summed E-state index contributed by atoms with van der Waals surface area (Å²) in [5, 5.41) is 4.14. The Morgan fingerprint density at radius 3 is 2.96 bits per heavy atom. The molecule has 0 amide bonds. The maximum Gasteiger partial charge on any atom is 0.227 e. The molecule has 0 aliphatic carbocycles. The van der Waals surface area contributed by atoms with E-state index in [2.05, 4.69) is 26.6 Å². The third-order valence-electron chi connectivity index (χ3n) is 4.84. The van der Waals surface area contributed by atoms with E-state index in [-0.39, 0.29) is 0 Å². The van der Waals surface area contributed by atoms with Gasteiger partial charge in [0.15, 0.2) is 0 Å². The molecule has 4 rings (SSSR count). The molecule has 2 aromatic heterocycles. The Labute approximate surface area is 140 Å². The van der Waals surface area contributed by atoms with Crippen molar-refractivity contribution in [2.24, 2.45) is 0 Å². The predicted octanol–water partition coefficient (Wildman–Crippen LogP) is 2.62. The largest absolute Gasteiger partial charge is 0.441 e. The van der Waals surface area contributed by atoms with Gasteiger partial charge >= 0.3 is 0 Å². The van der Waals surface area contributed by atoms with Crippen LogP contribution in [0.3, 0.4) is 0 Å². The average molecular weight is 333 g/mol. The average Bonchev–Trinajstić information content (AvgIpc) is 3.31. The zero-order valence-corrected chi connectivity index (χ0v) is 14.3. The molecule has 0 radical (unpaired) electrons. The SMILES string of the molecule is Cc1oc(-c2ccsc2)nc1CN1CCC(N2CCOCC2)C1. The topological polar surface area (TPSA) is 41.7 Å². The Bertz CT molecular complexity index is 634. The number of ether oxygens (including phenoxy) is 1. The van der Waals surface area contributed by atoms with Crippen LogP contribution in [0.25, 0.3) is 11.5 Å². The minimum absolute atomic E-state index is 0.669. The highest BCUT2D eigenvalue weighted by atomic mass is 32.1. The van der Waals surface area contributed by atoms with E-state index in [0.29, 0.717) is 6.04 Å². The Hall–Kier alpha value is -1.21. The molecule has 1 atom stereocenters. The van der Waals surface area contributed by atoms with Crippen molar-refractivity contribution in [3.05, 3.63) is 28.3 Å². The van der Waals surface area contributed by atoms with Crippen LogP contribution in [0.15, 0.2) is 21.2 Å². The Kier molecular flexibility index (Phi) is 4.48. The lowest BCUT2D eigenvalue weighted by Gasteiger charge is -2.32. The Morgan fingerprint density at radius 2 is 2.17 bits per heavy atom. The number of oxazole rings is 1. The zero-order valence-electron chi connectivity index (χ0n) is 13.5. The summed E-state index contributed by atoms with van der Waals surface area (Å²) in [7, 11) is 0. The van der Waals surface area contributed by atoms with Gasteiger partial charge in [-0.25, -0.2) is 4.98 Å². The second-order valence-corrected chi connectivity index (χ2v) is 7.14. The highest BCUT2D eigenvalue weighted by Gasteiger charge is 2.29. The van der Waals surface area contributed by atoms with Crippen molar-refractivity contribution in [3.63, 3.8) is 0 Å². The first-order chi connectivity index (χ1) is 11.3. The molecule has 4 heterocycles. The van der Waals surface area contributed by atoms with E-state index in [9.17, 15) is 0 Å². The second kappa shape index (κ2) is 6.73. The van der Waals surface area contributed by atoms with Gasteiger partial charge in [-0.3, -0.25) is 9.80 Å². The van der Waals surface area contributed by atoms with E-state index in [1.54, 1.807) is 11.3 Å². The van der Waals surface area contributed by atoms with E-state index in [1.807, 2.05) is 6.92 Å². The summed E-state index contributed by atoms with van der Waals surface area (Å²) in [6.07, 6.45) is 1.24. The van der Waals surface area contributed by atoms with Gasteiger partial charge in [-0.15, -0.1) is 0 Å². The van der Waals surface area contributed by atoms with Crippen LogP contribution in [-0.2, 0) is 11.3 Å². The summed E-state index contributed by atoms with van der Waals surface area (Å²) in [5.74, 6) is 1.70. The lowest BCUT2D eigenvalue weighted by Crippen LogP contribution is -2.44. The molecule has 124 valence electrons. The van der Waals surface area contributed by atoms with E-state index in [1.165, 1.54) is 6.42 Å². The molecule has 0 spiro atoms. The summed E-state index contributed by atoms with van der Waals surface area (Å²) >= 11 is 1.67. The number of aryl methyl sites for hydroxylation is 1. The second-order valence-electron chi connectivity index (χ2n) is 6.36. The van der Waals surface area contributed by atoms with Gasteiger partial charge in [0.05, 0.1) is 18.9 Å².